The fraction of sp³-hybridized carbons (Fsp3) is 0.391. The molecule has 0 aliphatic rings. The van der Waals surface area contributed by atoms with Crippen LogP contribution in [0.2, 0.25) is 0 Å². The van der Waals surface area contributed by atoms with Gasteiger partial charge in [-0.1, -0.05) is 32.9 Å². The zero-order valence-electron chi connectivity index (χ0n) is 20.1. The maximum atomic E-state index is 12.8. The molecule has 3 aromatic rings. The first kappa shape index (κ1) is 23.8. The quantitative estimate of drug-likeness (QED) is 0.560. The summed E-state index contributed by atoms with van der Waals surface area (Å²) in [5.41, 5.74) is 2.16. The molecule has 3 rings (SSSR count). The molecule has 0 atom stereocenters. The summed E-state index contributed by atoms with van der Waals surface area (Å²) in [4.78, 5) is 27.2. The van der Waals surface area contributed by atoms with Gasteiger partial charge in [0.15, 0.2) is 11.4 Å². The minimum Gasteiger partial charge on any atom is -0.479 e. The summed E-state index contributed by atoms with van der Waals surface area (Å²) in [6.45, 7) is 8.28. The highest BCUT2D eigenvalue weighted by Crippen LogP contribution is 2.34. The van der Waals surface area contributed by atoms with Crippen LogP contribution in [0.5, 0.6) is 23.6 Å². The Morgan fingerprint density at radius 1 is 1.06 bits per heavy atom. The first-order valence-electron chi connectivity index (χ1n) is 10.3. The summed E-state index contributed by atoms with van der Waals surface area (Å²) < 4.78 is 21.8. The molecule has 0 saturated carbocycles. The fourth-order valence-corrected chi connectivity index (χ4v) is 2.87. The molecule has 10 nitrogen and oxygen atoms in total. The third kappa shape index (κ3) is 5.33. The van der Waals surface area contributed by atoms with Gasteiger partial charge >= 0.3 is 6.08 Å². The number of methoxy groups -OCH3 is 2. The lowest BCUT2D eigenvalue weighted by Crippen LogP contribution is -2.18. The average molecular weight is 456 g/mol. The Morgan fingerprint density at radius 3 is 2.24 bits per heavy atom. The zero-order chi connectivity index (χ0) is 24.3. The molecule has 0 aliphatic carbocycles. The zero-order valence-corrected chi connectivity index (χ0v) is 20.1. The van der Waals surface area contributed by atoms with E-state index in [0.29, 0.717) is 11.7 Å². The van der Waals surface area contributed by atoms with Crippen LogP contribution in [0.25, 0.3) is 0 Å². The number of anilines is 2. The van der Waals surface area contributed by atoms with Gasteiger partial charge < -0.3 is 28.8 Å². The third-order valence-electron chi connectivity index (χ3n) is 4.82. The van der Waals surface area contributed by atoms with E-state index in [9.17, 15) is 4.79 Å². The Morgan fingerprint density at radius 2 is 1.70 bits per heavy atom. The van der Waals surface area contributed by atoms with E-state index >= 15 is 0 Å². The van der Waals surface area contributed by atoms with Gasteiger partial charge in [0.05, 0.1) is 14.2 Å². The SMILES string of the molecule is COc1nc(N(C)C)nc(OC)c1NC(=O)c1coc(Oc2cc(C(C)(C)C)ccc2C)n1. The summed E-state index contributed by atoms with van der Waals surface area (Å²) in [6.07, 6.45) is 1.16. The topological polar surface area (TPSA) is 112 Å². The number of carbonyl (C=O) groups excluding carboxylic acids is 1. The predicted octanol–water partition coefficient (Wildman–Crippen LogP) is 4.20. The lowest BCUT2D eigenvalue weighted by molar-refractivity contribution is 0.102. The van der Waals surface area contributed by atoms with E-state index in [1.54, 1.807) is 19.0 Å². The Kier molecular flexibility index (Phi) is 6.75. The summed E-state index contributed by atoms with van der Waals surface area (Å²) in [6, 6.07) is 5.97. The highest BCUT2D eigenvalue weighted by Gasteiger charge is 2.23. The second kappa shape index (κ2) is 9.35. The van der Waals surface area contributed by atoms with Gasteiger partial charge in [0.2, 0.25) is 17.7 Å². The van der Waals surface area contributed by atoms with E-state index in [4.69, 9.17) is 18.6 Å². The molecule has 0 radical (unpaired) electrons. The van der Waals surface area contributed by atoms with Crippen molar-refractivity contribution in [3.05, 3.63) is 41.3 Å². The van der Waals surface area contributed by atoms with Crippen LogP contribution < -0.4 is 24.4 Å². The largest absolute Gasteiger partial charge is 0.479 e. The number of aromatic nitrogens is 3. The lowest BCUT2D eigenvalue weighted by Gasteiger charge is -2.20. The van der Waals surface area contributed by atoms with Crippen molar-refractivity contribution in [1.82, 2.24) is 15.0 Å². The van der Waals surface area contributed by atoms with Gasteiger partial charge in [-0.15, -0.1) is 0 Å². The van der Waals surface area contributed by atoms with Crippen molar-refractivity contribution >= 4 is 17.5 Å². The van der Waals surface area contributed by atoms with Gasteiger partial charge in [-0.2, -0.15) is 15.0 Å². The Bertz CT molecular complexity index is 1130. The number of hydrogen-bond acceptors (Lipinski definition) is 9. The minimum atomic E-state index is -0.563. The second-order valence-electron chi connectivity index (χ2n) is 8.60. The predicted molar refractivity (Wildman–Crippen MR) is 124 cm³/mol. The number of aryl methyl sites for hydroxylation is 1. The molecule has 0 fully saturated rings. The van der Waals surface area contributed by atoms with Crippen LogP contribution in [0.1, 0.15) is 42.4 Å². The molecule has 0 saturated heterocycles. The Balaban J connectivity index is 1.83. The maximum Gasteiger partial charge on any atom is 0.399 e. The van der Waals surface area contributed by atoms with E-state index in [2.05, 4.69) is 47.1 Å². The highest BCUT2D eigenvalue weighted by atomic mass is 16.6. The van der Waals surface area contributed by atoms with E-state index in [-0.39, 0.29) is 34.6 Å². The van der Waals surface area contributed by atoms with Gasteiger partial charge in [-0.05, 0) is 29.5 Å². The van der Waals surface area contributed by atoms with Crippen molar-refractivity contribution in [2.24, 2.45) is 0 Å². The molecule has 10 heteroatoms. The second-order valence-corrected chi connectivity index (χ2v) is 8.60. The average Bonchev–Trinajstić information content (AvgIpc) is 3.23. The monoisotopic (exact) mass is 455 g/mol. The number of rotatable bonds is 7. The van der Waals surface area contributed by atoms with E-state index in [1.807, 2.05) is 19.1 Å². The number of nitrogens with one attached hydrogen (secondary N) is 1. The van der Waals surface area contributed by atoms with Gasteiger partial charge in [0.25, 0.3) is 5.91 Å². The molecule has 0 spiro atoms. The summed E-state index contributed by atoms with van der Waals surface area (Å²) in [5.74, 6) is 0.701. The van der Waals surface area contributed by atoms with Crippen molar-refractivity contribution in [3.63, 3.8) is 0 Å². The Hall–Kier alpha value is -3.82. The number of hydrogen-bond donors (Lipinski definition) is 1. The molecular formula is C23H29N5O5. The summed E-state index contributed by atoms with van der Waals surface area (Å²) >= 11 is 0. The van der Waals surface area contributed by atoms with Crippen molar-refractivity contribution in [2.75, 3.05) is 38.5 Å². The summed E-state index contributed by atoms with van der Waals surface area (Å²) in [5, 5.41) is 2.67. The third-order valence-corrected chi connectivity index (χ3v) is 4.82. The maximum absolute atomic E-state index is 12.8. The van der Waals surface area contributed by atoms with Crippen LogP contribution in [0, 0.1) is 6.92 Å². The number of ether oxygens (including phenoxy) is 3. The molecule has 33 heavy (non-hydrogen) atoms. The minimum absolute atomic E-state index is 0.00965. The van der Waals surface area contributed by atoms with Gasteiger partial charge in [-0.3, -0.25) is 4.79 Å². The Labute approximate surface area is 192 Å². The normalized spacial score (nSPS) is 11.2. The van der Waals surface area contributed by atoms with Crippen LogP contribution in [-0.2, 0) is 5.41 Å². The molecule has 2 aromatic heterocycles. The van der Waals surface area contributed by atoms with Crippen LogP contribution in [0.4, 0.5) is 11.6 Å². The van der Waals surface area contributed by atoms with E-state index < -0.39 is 5.91 Å². The van der Waals surface area contributed by atoms with Gasteiger partial charge in [0.1, 0.15) is 12.0 Å². The number of oxazole rings is 1. The van der Waals surface area contributed by atoms with Crippen molar-refractivity contribution in [2.45, 2.75) is 33.1 Å². The van der Waals surface area contributed by atoms with E-state index in [1.165, 1.54) is 20.5 Å². The molecule has 176 valence electrons. The number of nitrogens with zero attached hydrogens (tertiary/aromatic N) is 4. The standard InChI is InChI=1S/C23H29N5O5/c1-13-9-10-14(23(2,3)4)11-16(13)33-22-24-15(12-32-22)18(29)25-17-19(30-7)26-21(28(5)6)27-20(17)31-8/h9-12H,1-8H3,(H,25,29). The molecule has 0 unspecified atom stereocenters. The van der Waals surface area contributed by atoms with Crippen LogP contribution >= 0.6 is 0 Å². The molecule has 1 amide bonds. The summed E-state index contributed by atoms with van der Waals surface area (Å²) in [7, 11) is 6.44. The highest BCUT2D eigenvalue weighted by molar-refractivity contribution is 6.04. The van der Waals surface area contributed by atoms with Gasteiger partial charge in [-0.25, -0.2) is 0 Å². The fourth-order valence-electron chi connectivity index (χ4n) is 2.87. The molecule has 0 bridgehead atoms. The molecular weight excluding hydrogens is 426 g/mol. The molecule has 0 aliphatic heterocycles. The number of benzene rings is 1. The van der Waals surface area contributed by atoms with Crippen LogP contribution in [-0.4, -0.2) is 49.2 Å². The molecule has 1 N–H and O–H groups in total. The number of carbonyl (C=O) groups is 1. The van der Waals surface area contributed by atoms with Crippen molar-refractivity contribution in [1.29, 1.82) is 0 Å². The van der Waals surface area contributed by atoms with Crippen LogP contribution in [0.15, 0.2) is 28.9 Å². The van der Waals surface area contributed by atoms with Crippen LogP contribution in [0.3, 0.4) is 0 Å². The first-order chi connectivity index (χ1) is 15.5. The molecule has 2 heterocycles. The van der Waals surface area contributed by atoms with Crippen molar-refractivity contribution < 1.29 is 23.4 Å². The van der Waals surface area contributed by atoms with E-state index in [0.717, 1.165) is 11.1 Å². The first-order valence-corrected chi connectivity index (χ1v) is 10.3. The molecule has 1 aromatic carbocycles. The smallest absolute Gasteiger partial charge is 0.399 e. The van der Waals surface area contributed by atoms with Gasteiger partial charge in [0, 0.05) is 14.1 Å². The van der Waals surface area contributed by atoms with Crippen molar-refractivity contribution in [3.8, 4) is 23.6 Å². The lowest BCUT2D eigenvalue weighted by atomic mass is 9.86. The number of amides is 1.